The normalized spacial score (nSPS) is 12.5. The molecule has 0 radical (unpaired) electrons. The first-order chi connectivity index (χ1) is 16.5. The van der Waals surface area contributed by atoms with Gasteiger partial charge in [0.05, 0.1) is 40.6 Å². The van der Waals surface area contributed by atoms with Crippen LogP contribution < -0.4 is 23.7 Å². The van der Waals surface area contributed by atoms with Gasteiger partial charge in [-0.05, 0) is 53.8 Å². The molecule has 34 heavy (non-hydrogen) atoms. The molecular weight excluding hydrogens is 436 g/mol. The van der Waals surface area contributed by atoms with E-state index in [0.717, 1.165) is 5.56 Å². The fraction of sp³-hybridized carbons (Fsp3) is 0.333. The third-order valence-corrected chi connectivity index (χ3v) is 5.59. The van der Waals surface area contributed by atoms with Gasteiger partial charge in [0, 0.05) is 0 Å². The summed E-state index contributed by atoms with van der Waals surface area (Å²) in [6.45, 7) is 0.417. The van der Waals surface area contributed by atoms with E-state index in [1.54, 1.807) is 37.4 Å². The first-order valence-electron chi connectivity index (χ1n) is 11.0. The second-order valence-electron chi connectivity index (χ2n) is 7.75. The molecule has 7 nitrogen and oxygen atoms in total. The van der Waals surface area contributed by atoms with Crippen LogP contribution in [0.25, 0.3) is 0 Å². The van der Waals surface area contributed by atoms with Crippen LogP contribution in [0.15, 0.2) is 60.7 Å². The zero-order valence-corrected chi connectivity index (χ0v) is 20.0. The van der Waals surface area contributed by atoms with Crippen LogP contribution in [0, 0.1) is 0 Å². The number of rotatable bonds is 12. The minimum atomic E-state index is -0.821. The third-order valence-electron chi connectivity index (χ3n) is 5.59. The zero-order chi connectivity index (χ0) is 24.5. The summed E-state index contributed by atoms with van der Waals surface area (Å²) in [7, 11) is 6.14. The molecule has 3 rings (SSSR count). The molecular formula is C27H32O7. The molecule has 0 saturated carbocycles. The molecule has 2 N–H and O–H groups in total. The zero-order valence-electron chi connectivity index (χ0n) is 20.0. The van der Waals surface area contributed by atoms with Gasteiger partial charge in [0.1, 0.15) is 6.61 Å². The molecule has 0 saturated heterocycles. The largest absolute Gasteiger partial charge is 0.493 e. The van der Waals surface area contributed by atoms with Crippen LogP contribution in [-0.2, 0) is 6.61 Å². The maximum atomic E-state index is 10.7. The number of hydrogen-bond acceptors (Lipinski definition) is 7. The van der Waals surface area contributed by atoms with Crippen LogP contribution in [-0.4, -0.2) is 38.7 Å². The third kappa shape index (κ3) is 6.12. The molecule has 0 aliphatic rings. The van der Waals surface area contributed by atoms with Crippen LogP contribution in [0.5, 0.6) is 28.7 Å². The van der Waals surface area contributed by atoms with Crippen molar-refractivity contribution in [2.45, 2.75) is 31.7 Å². The van der Waals surface area contributed by atoms with Crippen molar-refractivity contribution in [1.29, 1.82) is 0 Å². The van der Waals surface area contributed by atoms with E-state index < -0.39 is 12.2 Å². The van der Waals surface area contributed by atoms with Crippen molar-refractivity contribution in [2.24, 2.45) is 0 Å². The summed E-state index contributed by atoms with van der Waals surface area (Å²) in [4.78, 5) is 0. The fourth-order valence-corrected chi connectivity index (χ4v) is 3.69. The summed E-state index contributed by atoms with van der Waals surface area (Å²) in [6, 6.07) is 18.6. The Kier molecular flexibility index (Phi) is 9.01. The Labute approximate surface area is 200 Å². The van der Waals surface area contributed by atoms with Gasteiger partial charge in [-0.15, -0.1) is 0 Å². The lowest BCUT2D eigenvalue weighted by atomic mass is 9.98. The van der Waals surface area contributed by atoms with E-state index in [1.807, 2.05) is 30.3 Å². The molecule has 182 valence electrons. The Morgan fingerprint density at radius 2 is 1.18 bits per heavy atom. The fourth-order valence-electron chi connectivity index (χ4n) is 3.69. The maximum absolute atomic E-state index is 10.7. The van der Waals surface area contributed by atoms with Gasteiger partial charge in [-0.2, -0.15) is 0 Å². The number of methoxy groups -OCH3 is 4. The first kappa shape index (κ1) is 25.2. The minimum Gasteiger partial charge on any atom is -0.493 e. The SMILES string of the molecule is COc1cc(C(O)CCC(O)c2cc(OC)c(OC)c(OC)c2)ccc1OCc1ccccc1. The second kappa shape index (κ2) is 12.2. The maximum Gasteiger partial charge on any atom is 0.203 e. The highest BCUT2D eigenvalue weighted by atomic mass is 16.5. The average Bonchev–Trinajstić information content (AvgIpc) is 2.89. The predicted octanol–water partition coefficient (Wildman–Crippen LogP) is 4.85. The van der Waals surface area contributed by atoms with Crippen LogP contribution in [0.4, 0.5) is 0 Å². The van der Waals surface area contributed by atoms with Crippen LogP contribution >= 0.6 is 0 Å². The van der Waals surface area contributed by atoms with Crippen molar-refractivity contribution in [3.05, 3.63) is 77.4 Å². The Morgan fingerprint density at radius 3 is 1.74 bits per heavy atom. The van der Waals surface area contributed by atoms with Crippen LogP contribution in [0.1, 0.15) is 41.7 Å². The molecule has 0 fully saturated rings. The van der Waals surface area contributed by atoms with Gasteiger partial charge in [0.2, 0.25) is 5.75 Å². The summed E-state index contributed by atoms with van der Waals surface area (Å²) in [5, 5.41) is 21.5. The topological polar surface area (TPSA) is 86.6 Å². The molecule has 3 aromatic rings. The Balaban J connectivity index is 1.65. The molecule has 7 heteroatoms. The number of aliphatic hydroxyl groups is 2. The van der Waals surface area contributed by atoms with Crippen molar-refractivity contribution in [2.75, 3.05) is 28.4 Å². The van der Waals surface area contributed by atoms with Crippen molar-refractivity contribution in [3.63, 3.8) is 0 Å². The van der Waals surface area contributed by atoms with Crippen molar-refractivity contribution < 1.29 is 33.9 Å². The van der Waals surface area contributed by atoms with Gasteiger partial charge < -0.3 is 33.9 Å². The number of ether oxygens (including phenoxy) is 5. The van der Waals surface area contributed by atoms with E-state index in [4.69, 9.17) is 23.7 Å². The van der Waals surface area contributed by atoms with E-state index in [1.165, 1.54) is 21.3 Å². The van der Waals surface area contributed by atoms with Crippen molar-refractivity contribution in [1.82, 2.24) is 0 Å². The Morgan fingerprint density at radius 1 is 0.618 bits per heavy atom. The molecule has 0 amide bonds. The van der Waals surface area contributed by atoms with E-state index in [-0.39, 0.29) is 0 Å². The number of benzene rings is 3. The van der Waals surface area contributed by atoms with E-state index in [2.05, 4.69) is 0 Å². The highest BCUT2D eigenvalue weighted by Crippen LogP contribution is 2.41. The molecule has 0 aromatic heterocycles. The lowest BCUT2D eigenvalue weighted by Crippen LogP contribution is -2.05. The monoisotopic (exact) mass is 468 g/mol. The van der Waals surface area contributed by atoms with E-state index in [0.29, 0.717) is 59.3 Å². The summed E-state index contributed by atoms with van der Waals surface area (Å²) >= 11 is 0. The van der Waals surface area contributed by atoms with Crippen molar-refractivity contribution >= 4 is 0 Å². The molecule has 2 unspecified atom stereocenters. The van der Waals surface area contributed by atoms with Gasteiger partial charge in [0.15, 0.2) is 23.0 Å². The molecule has 2 atom stereocenters. The molecule has 0 spiro atoms. The lowest BCUT2D eigenvalue weighted by Gasteiger charge is -2.19. The summed E-state index contributed by atoms with van der Waals surface area (Å²) in [6.07, 6.45) is -0.938. The Bertz CT molecular complexity index is 1030. The van der Waals surface area contributed by atoms with Gasteiger partial charge in [-0.25, -0.2) is 0 Å². The van der Waals surface area contributed by atoms with Gasteiger partial charge in [0.25, 0.3) is 0 Å². The molecule has 0 bridgehead atoms. The molecule has 3 aromatic carbocycles. The summed E-state index contributed by atoms with van der Waals surface area (Å²) in [5.74, 6) is 2.53. The highest BCUT2D eigenvalue weighted by molar-refractivity contribution is 5.54. The molecule has 0 aliphatic heterocycles. The molecule has 0 aliphatic carbocycles. The second-order valence-corrected chi connectivity index (χ2v) is 7.75. The summed E-state index contributed by atoms with van der Waals surface area (Å²) < 4.78 is 27.4. The Hall–Kier alpha value is -3.42. The van der Waals surface area contributed by atoms with Gasteiger partial charge in [-0.3, -0.25) is 0 Å². The van der Waals surface area contributed by atoms with Crippen molar-refractivity contribution in [3.8, 4) is 28.7 Å². The number of aliphatic hydroxyl groups excluding tert-OH is 2. The van der Waals surface area contributed by atoms with Crippen LogP contribution in [0.3, 0.4) is 0 Å². The summed E-state index contributed by atoms with van der Waals surface area (Å²) in [5.41, 5.74) is 2.35. The molecule has 0 heterocycles. The average molecular weight is 469 g/mol. The standard InChI is InChI=1S/C27H32O7/c1-30-24-14-19(10-13-23(24)34-17-18-8-6-5-7-9-18)21(28)11-12-22(29)20-15-25(31-2)27(33-4)26(16-20)32-3/h5-10,13-16,21-22,28-29H,11-12,17H2,1-4H3. The van der Waals surface area contributed by atoms with E-state index >= 15 is 0 Å². The van der Waals surface area contributed by atoms with Gasteiger partial charge in [-0.1, -0.05) is 36.4 Å². The van der Waals surface area contributed by atoms with Crippen LogP contribution in [0.2, 0.25) is 0 Å². The number of hydrogen-bond donors (Lipinski definition) is 2. The lowest BCUT2D eigenvalue weighted by molar-refractivity contribution is 0.114. The quantitative estimate of drug-likeness (QED) is 0.393. The minimum absolute atomic E-state index is 0.328. The van der Waals surface area contributed by atoms with E-state index in [9.17, 15) is 10.2 Å². The predicted molar refractivity (Wildman–Crippen MR) is 129 cm³/mol. The first-order valence-corrected chi connectivity index (χ1v) is 11.0. The smallest absolute Gasteiger partial charge is 0.203 e. The van der Waals surface area contributed by atoms with Gasteiger partial charge >= 0.3 is 0 Å². The highest BCUT2D eigenvalue weighted by Gasteiger charge is 2.19.